The van der Waals surface area contributed by atoms with E-state index < -0.39 is 5.92 Å². The van der Waals surface area contributed by atoms with Crippen LogP contribution in [0.2, 0.25) is 0 Å². The van der Waals surface area contributed by atoms with E-state index in [1.165, 1.54) is 0 Å². The first-order valence-corrected chi connectivity index (χ1v) is 10.7. The maximum absolute atomic E-state index is 13.5. The van der Waals surface area contributed by atoms with E-state index in [0.717, 1.165) is 16.9 Å². The van der Waals surface area contributed by atoms with Gasteiger partial charge < -0.3 is 14.2 Å². The number of amides is 1. The summed E-state index contributed by atoms with van der Waals surface area (Å²) in [5.41, 5.74) is 2.79. The van der Waals surface area contributed by atoms with Crippen LogP contribution in [0, 0.1) is 5.41 Å². The van der Waals surface area contributed by atoms with Crippen molar-refractivity contribution in [3.8, 4) is 17.2 Å². The molecule has 6 nitrogen and oxygen atoms in total. The molecule has 2 aromatic rings. The van der Waals surface area contributed by atoms with Gasteiger partial charge in [-0.15, -0.1) is 0 Å². The minimum absolute atomic E-state index is 0.0395. The van der Waals surface area contributed by atoms with Crippen molar-refractivity contribution in [2.75, 3.05) is 26.2 Å². The van der Waals surface area contributed by atoms with Gasteiger partial charge in [-0.2, -0.15) is 0 Å². The van der Waals surface area contributed by atoms with Gasteiger partial charge in [-0.1, -0.05) is 38.1 Å². The SMILES string of the molecule is COc1ccc([C@H]2CC(=O)N(c3ccccc3)C3=C2C(=O)CC(C)(C)C3)c(OC)c1OC. The first-order chi connectivity index (χ1) is 15.3. The summed E-state index contributed by atoms with van der Waals surface area (Å²) in [4.78, 5) is 28.7. The van der Waals surface area contributed by atoms with E-state index in [1.807, 2.05) is 36.4 Å². The Bertz CT molecular complexity index is 1090. The Hall–Kier alpha value is -3.28. The van der Waals surface area contributed by atoms with Gasteiger partial charge in [-0.3, -0.25) is 14.5 Å². The van der Waals surface area contributed by atoms with Gasteiger partial charge in [-0.05, 0) is 30.0 Å². The number of nitrogens with zero attached hydrogens (tertiary/aromatic N) is 1. The van der Waals surface area contributed by atoms with Crippen molar-refractivity contribution in [2.45, 2.75) is 39.0 Å². The van der Waals surface area contributed by atoms with E-state index >= 15 is 0 Å². The zero-order valence-electron chi connectivity index (χ0n) is 19.2. The summed E-state index contributed by atoms with van der Waals surface area (Å²) < 4.78 is 16.7. The van der Waals surface area contributed by atoms with Crippen LogP contribution in [0.4, 0.5) is 5.69 Å². The van der Waals surface area contributed by atoms with Gasteiger partial charge in [-0.25, -0.2) is 0 Å². The molecule has 32 heavy (non-hydrogen) atoms. The maximum Gasteiger partial charge on any atom is 0.232 e. The lowest BCUT2D eigenvalue weighted by Gasteiger charge is -2.43. The quantitative estimate of drug-likeness (QED) is 0.670. The number of rotatable bonds is 5. The number of hydrogen-bond acceptors (Lipinski definition) is 5. The third-order valence-electron chi connectivity index (χ3n) is 6.27. The van der Waals surface area contributed by atoms with Crippen molar-refractivity contribution >= 4 is 17.4 Å². The number of ether oxygens (including phenoxy) is 3. The molecule has 4 rings (SSSR count). The Morgan fingerprint density at radius 3 is 2.19 bits per heavy atom. The Morgan fingerprint density at radius 1 is 0.875 bits per heavy atom. The van der Waals surface area contributed by atoms with Crippen LogP contribution >= 0.6 is 0 Å². The normalized spacial score (nSPS) is 20.2. The highest BCUT2D eigenvalue weighted by molar-refractivity contribution is 6.08. The number of anilines is 1. The van der Waals surface area contributed by atoms with E-state index in [9.17, 15) is 9.59 Å². The van der Waals surface area contributed by atoms with Gasteiger partial charge >= 0.3 is 0 Å². The third-order valence-corrected chi connectivity index (χ3v) is 6.27. The smallest absolute Gasteiger partial charge is 0.232 e. The summed E-state index contributed by atoms with van der Waals surface area (Å²) in [5, 5.41) is 0. The fourth-order valence-electron chi connectivity index (χ4n) is 4.96. The Labute approximate surface area is 188 Å². The predicted octanol–water partition coefficient (Wildman–Crippen LogP) is 4.88. The van der Waals surface area contributed by atoms with Crippen LogP contribution in [-0.2, 0) is 9.59 Å². The molecule has 0 fully saturated rings. The highest BCUT2D eigenvalue weighted by Gasteiger charge is 2.45. The van der Waals surface area contributed by atoms with Crippen molar-refractivity contribution in [1.29, 1.82) is 0 Å². The largest absolute Gasteiger partial charge is 0.493 e. The van der Waals surface area contributed by atoms with Crippen LogP contribution in [0.5, 0.6) is 17.2 Å². The number of hydrogen-bond donors (Lipinski definition) is 0. The first-order valence-electron chi connectivity index (χ1n) is 10.7. The summed E-state index contributed by atoms with van der Waals surface area (Å²) in [5.74, 6) is 1.11. The van der Waals surface area contributed by atoms with Crippen LogP contribution < -0.4 is 19.1 Å². The summed E-state index contributed by atoms with van der Waals surface area (Å²) in [7, 11) is 4.67. The fraction of sp³-hybridized carbons (Fsp3) is 0.385. The molecule has 0 radical (unpaired) electrons. The van der Waals surface area contributed by atoms with Gasteiger partial charge in [0.2, 0.25) is 11.7 Å². The molecule has 0 bridgehead atoms. The van der Waals surface area contributed by atoms with Crippen molar-refractivity contribution in [1.82, 2.24) is 0 Å². The van der Waals surface area contributed by atoms with Crippen LogP contribution in [-0.4, -0.2) is 33.0 Å². The average molecular weight is 436 g/mol. The van der Waals surface area contributed by atoms with E-state index in [0.29, 0.717) is 35.7 Å². The molecule has 2 aromatic carbocycles. The molecule has 0 saturated carbocycles. The Morgan fingerprint density at radius 2 is 1.56 bits per heavy atom. The molecule has 1 aliphatic carbocycles. The number of allylic oxidation sites excluding steroid dienone is 2. The molecule has 1 aliphatic heterocycles. The lowest BCUT2D eigenvalue weighted by atomic mass is 9.69. The molecule has 1 atom stereocenters. The molecule has 2 aliphatic rings. The molecule has 0 aromatic heterocycles. The van der Waals surface area contributed by atoms with Gasteiger partial charge in [0, 0.05) is 41.3 Å². The Balaban J connectivity index is 1.94. The second kappa shape index (κ2) is 8.34. The minimum Gasteiger partial charge on any atom is -0.493 e. The van der Waals surface area contributed by atoms with Crippen LogP contribution in [0.15, 0.2) is 53.7 Å². The Kier molecular flexibility index (Phi) is 5.71. The molecule has 168 valence electrons. The highest BCUT2D eigenvalue weighted by atomic mass is 16.5. The lowest BCUT2D eigenvalue weighted by molar-refractivity contribution is -0.121. The lowest BCUT2D eigenvalue weighted by Crippen LogP contribution is -2.43. The minimum atomic E-state index is -0.407. The van der Waals surface area contributed by atoms with Gasteiger partial charge in [0.25, 0.3) is 0 Å². The molecule has 1 heterocycles. The molecule has 1 amide bonds. The van der Waals surface area contributed by atoms with Gasteiger partial charge in [0.1, 0.15) is 0 Å². The zero-order chi connectivity index (χ0) is 23.0. The molecular formula is C26H29NO5. The average Bonchev–Trinajstić information content (AvgIpc) is 2.76. The number of para-hydroxylation sites is 1. The van der Waals surface area contributed by atoms with Crippen molar-refractivity contribution in [3.05, 3.63) is 59.3 Å². The number of Topliss-reactive ketones (excluding diaryl/α,β-unsaturated/α-hetero) is 1. The summed E-state index contributed by atoms with van der Waals surface area (Å²) in [6.07, 6.45) is 1.25. The molecule has 0 spiro atoms. The van der Waals surface area contributed by atoms with Crippen LogP contribution in [0.1, 0.15) is 44.6 Å². The van der Waals surface area contributed by atoms with E-state index in [-0.39, 0.29) is 23.5 Å². The van der Waals surface area contributed by atoms with Crippen LogP contribution in [0.25, 0.3) is 0 Å². The van der Waals surface area contributed by atoms with Gasteiger partial charge in [0.05, 0.1) is 21.3 Å². The number of carbonyl (C=O) groups is 2. The molecule has 0 unspecified atom stereocenters. The van der Waals surface area contributed by atoms with E-state index in [4.69, 9.17) is 14.2 Å². The second-order valence-electron chi connectivity index (χ2n) is 9.05. The predicted molar refractivity (Wildman–Crippen MR) is 122 cm³/mol. The fourth-order valence-corrected chi connectivity index (χ4v) is 4.96. The summed E-state index contributed by atoms with van der Waals surface area (Å²) in [6, 6.07) is 13.2. The van der Waals surface area contributed by atoms with Crippen molar-refractivity contribution in [3.63, 3.8) is 0 Å². The molecule has 0 saturated heterocycles. The number of methoxy groups -OCH3 is 3. The number of carbonyl (C=O) groups excluding carboxylic acids is 2. The second-order valence-corrected chi connectivity index (χ2v) is 9.05. The van der Waals surface area contributed by atoms with Crippen molar-refractivity contribution < 1.29 is 23.8 Å². The number of ketones is 1. The molecular weight excluding hydrogens is 406 g/mol. The molecule has 0 N–H and O–H groups in total. The van der Waals surface area contributed by atoms with Crippen LogP contribution in [0.3, 0.4) is 0 Å². The van der Waals surface area contributed by atoms with Crippen molar-refractivity contribution in [2.24, 2.45) is 5.41 Å². The standard InChI is InChI=1S/C26H29NO5/c1-26(2)14-19-23(20(28)15-26)18(13-22(29)27(19)16-9-7-6-8-10-16)17-11-12-21(30-3)25(32-5)24(17)31-4/h6-12,18H,13-15H2,1-5H3/t18-/m1/s1. The molecule has 6 heteroatoms. The summed E-state index contributed by atoms with van der Waals surface area (Å²) in [6.45, 7) is 4.14. The monoisotopic (exact) mass is 435 g/mol. The van der Waals surface area contributed by atoms with E-state index in [1.54, 1.807) is 32.3 Å². The zero-order valence-corrected chi connectivity index (χ0v) is 19.2. The summed E-state index contributed by atoms with van der Waals surface area (Å²) >= 11 is 0. The third kappa shape index (κ3) is 3.64. The maximum atomic E-state index is 13.5. The van der Waals surface area contributed by atoms with Gasteiger partial charge in [0.15, 0.2) is 17.3 Å². The topological polar surface area (TPSA) is 65.1 Å². The number of benzene rings is 2. The first kappa shape index (κ1) is 21.9. The van der Waals surface area contributed by atoms with E-state index in [2.05, 4.69) is 13.8 Å². The highest BCUT2D eigenvalue weighted by Crippen LogP contribution is 2.52.